The zero-order valence-electron chi connectivity index (χ0n) is 21.2. The maximum absolute atomic E-state index is 13.0. The number of fused-ring (bicyclic) bond motifs is 1. The number of nitrogens with one attached hydrogen (secondary N) is 3. The third-order valence-corrected chi connectivity index (χ3v) is 5.67. The fourth-order valence-corrected chi connectivity index (χ4v) is 3.69. The van der Waals surface area contributed by atoms with Crippen LogP contribution >= 0.6 is 0 Å². The first-order valence-electron chi connectivity index (χ1n) is 11.7. The highest BCUT2D eigenvalue weighted by molar-refractivity contribution is 5.91. The molecule has 2 atom stereocenters. The van der Waals surface area contributed by atoms with Gasteiger partial charge in [-0.3, -0.25) is 19.6 Å². The van der Waals surface area contributed by atoms with Gasteiger partial charge >= 0.3 is 0 Å². The van der Waals surface area contributed by atoms with Crippen LogP contribution in [0.15, 0.2) is 65.3 Å². The molecule has 1 unspecified atom stereocenters. The molecule has 0 aliphatic carbocycles. The first-order valence-corrected chi connectivity index (χ1v) is 11.7. The maximum Gasteiger partial charge on any atom is 0.244 e. The summed E-state index contributed by atoms with van der Waals surface area (Å²) in [6.45, 7) is 6.05. The van der Waals surface area contributed by atoms with E-state index in [2.05, 4.69) is 10.6 Å². The van der Waals surface area contributed by atoms with Gasteiger partial charge in [-0.15, -0.1) is 0 Å². The third kappa shape index (κ3) is 8.51. The lowest BCUT2D eigenvalue weighted by molar-refractivity contribution is -0.137. The topological polar surface area (TPSA) is 147 Å². The van der Waals surface area contributed by atoms with Crippen molar-refractivity contribution in [2.24, 2.45) is 17.1 Å². The number of rotatable bonds is 8. The standard InChI is InChI=1S/C22H29N3O4.C5H7NO/c1-22(2,3)19(21(28)23-4)24-20(27)17(13-18(26)25-29)12-14-9-10-15-7-5-6-8-16(15)11-14;6-4-5-2-1-3-7-5/h5-11,17,19,29H,12-13H2,1-4H3,(H,23,28)(H,24,27)(H,25,26);1-3H,4,6H2/t17?,19-;/m1./s1. The van der Waals surface area contributed by atoms with Crippen LogP contribution in [0, 0.1) is 11.3 Å². The molecular weight excluding hydrogens is 460 g/mol. The number of nitrogens with two attached hydrogens (primary N) is 1. The first kappa shape index (κ1) is 28.5. The highest BCUT2D eigenvalue weighted by atomic mass is 16.5. The predicted molar refractivity (Wildman–Crippen MR) is 138 cm³/mol. The van der Waals surface area contributed by atoms with Crippen molar-refractivity contribution in [2.75, 3.05) is 7.05 Å². The van der Waals surface area contributed by atoms with Crippen molar-refractivity contribution in [1.29, 1.82) is 0 Å². The van der Waals surface area contributed by atoms with E-state index in [1.165, 1.54) is 7.05 Å². The Balaban J connectivity index is 0.000000558. The van der Waals surface area contributed by atoms with Gasteiger partial charge in [0, 0.05) is 13.5 Å². The molecule has 1 heterocycles. The second-order valence-corrected chi connectivity index (χ2v) is 9.53. The molecule has 3 rings (SSSR count). The Morgan fingerprint density at radius 2 is 1.69 bits per heavy atom. The molecule has 36 heavy (non-hydrogen) atoms. The number of hydrogen-bond acceptors (Lipinski definition) is 6. The average molecular weight is 497 g/mol. The summed E-state index contributed by atoms with van der Waals surface area (Å²) >= 11 is 0. The van der Waals surface area contributed by atoms with Crippen molar-refractivity contribution < 1.29 is 24.0 Å². The van der Waals surface area contributed by atoms with Crippen LogP contribution in [-0.4, -0.2) is 36.0 Å². The molecular formula is C27H36N4O5. The van der Waals surface area contributed by atoms with E-state index >= 15 is 0 Å². The van der Waals surface area contributed by atoms with Crippen LogP contribution in [0.2, 0.25) is 0 Å². The lowest BCUT2D eigenvalue weighted by Gasteiger charge is -2.31. The van der Waals surface area contributed by atoms with Gasteiger partial charge in [0.1, 0.15) is 11.8 Å². The summed E-state index contributed by atoms with van der Waals surface area (Å²) in [5.41, 5.74) is 7.16. The monoisotopic (exact) mass is 496 g/mol. The first-order chi connectivity index (χ1) is 17.1. The molecule has 0 spiro atoms. The van der Waals surface area contributed by atoms with Crippen LogP contribution in [0.4, 0.5) is 0 Å². The highest BCUT2D eigenvalue weighted by Gasteiger charge is 2.34. The zero-order valence-corrected chi connectivity index (χ0v) is 21.2. The van der Waals surface area contributed by atoms with E-state index in [-0.39, 0.29) is 12.3 Å². The van der Waals surface area contributed by atoms with Crippen molar-refractivity contribution in [3.05, 3.63) is 72.2 Å². The van der Waals surface area contributed by atoms with Crippen LogP contribution < -0.4 is 21.8 Å². The van der Waals surface area contributed by atoms with Gasteiger partial charge in [-0.05, 0) is 40.3 Å². The number of furan rings is 1. The second kappa shape index (κ2) is 13.4. The summed E-state index contributed by atoms with van der Waals surface area (Å²) in [6, 6.07) is 16.6. The second-order valence-electron chi connectivity index (χ2n) is 9.53. The van der Waals surface area contributed by atoms with E-state index in [1.807, 2.05) is 75.4 Å². The molecule has 0 fully saturated rings. The number of benzene rings is 2. The smallest absolute Gasteiger partial charge is 0.244 e. The van der Waals surface area contributed by atoms with Crippen molar-refractivity contribution in [2.45, 2.75) is 46.2 Å². The minimum Gasteiger partial charge on any atom is -0.468 e. The number of carbonyl (C=O) groups excluding carboxylic acids is 3. The van der Waals surface area contributed by atoms with Gasteiger partial charge in [-0.1, -0.05) is 63.2 Å². The summed E-state index contributed by atoms with van der Waals surface area (Å²) in [5, 5.41) is 16.4. The molecule has 194 valence electrons. The largest absolute Gasteiger partial charge is 0.468 e. The van der Waals surface area contributed by atoms with E-state index in [0.717, 1.165) is 22.1 Å². The van der Waals surface area contributed by atoms with E-state index in [4.69, 9.17) is 15.4 Å². The summed E-state index contributed by atoms with van der Waals surface area (Å²) in [6.07, 6.45) is 1.72. The van der Waals surface area contributed by atoms with Gasteiger partial charge in [0.25, 0.3) is 0 Å². The Morgan fingerprint density at radius 1 is 1.00 bits per heavy atom. The highest BCUT2D eigenvalue weighted by Crippen LogP contribution is 2.23. The fraction of sp³-hybridized carbons (Fsp3) is 0.370. The molecule has 3 amide bonds. The number of hydrogen-bond donors (Lipinski definition) is 5. The molecule has 0 saturated heterocycles. The summed E-state index contributed by atoms with van der Waals surface area (Å²) < 4.78 is 4.86. The number of likely N-dealkylation sites (N-methyl/N-ethyl adjacent to an activating group) is 1. The Hall–Kier alpha value is -3.69. The van der Waals surface area contributed by atoms with E-state index < -0.39 is 29.2 Å². The van der Waals surface area contributed by atoms with Crippen LogP contribution in [0.1, 0.15) is 38.5 Å². The molecule has 2 aromatic carbocycles. The Bertz CT molecular complexity index is 1140. The number of hydroxylamine groups is 1. The van der Waals surface area contributed by atoms with Crippen molar-refractivity contribution in [1.82, 2.24) is 16.1 Å². The third-order valence-electron chi connectivity index (χ3n) is 5.67. The quantitative estimate of drug-likeness (QED) is 0.239. The molecule has 0 bridgehead atoms. The Kier molecular flexibility index (Phi) is 10.6. The number of carbonyl (C=O) groups is 3. The van der Waals surface area contributed by atoms with Crippen molar-refractivity contribution in [3.63, 3.8) is 0 Å². The molecule has 3 aromatic rings. The van der Waals surface area contributed by atoms with Gasteiger partial charge in [-0.2, -0.15) is 0 Å². The average Bonchev–Trinajstić information content (AvgIpc) is 3.40. The van der Waals surface area contributed by atoms with Gasteiger partial charge in [0.15, 0.2) is 0 Å². The van der Waals surface area contributed by atoms with Crippen LogP contribution in [0.25, 0.3) is 10.8 Å². The van der Waals surface area contributed by atoms with Crippen LogP contribution in [-0.2, 0) is 27.3 Å². The number of amides is 3. The Labute approximate surface area is 211 Å². The molecule has 6 N–H and O–H groups in total. The fourth-order valence-electron chi connectivity index (χ4n) is 3.69. The van der Waals surface area contributed by atoms with Gasteiger partial charge in [0.2, 0.25) is 17.7 Å². The normalized spacial score (nSPS) is 12.6. The van der Waals surface area contributed by atoms with Gasteiger partial charge in [-0.25, -0.2) is 5.48 Å². The summed E-state index contributed by atoms with van der Waals surface area (Å²) in [5.74, 6) is -1.27. The molecule has 0 aliphatic rings. The van der Waals surface area contributed by atoms with E-state index in [9.17, 15) is 14.4 Å². The molecule has 0 radical (unpaired) electrons. The molecule has 1 aromatic heterocycles. The van der Waals surface area contributed by atoms with Gasteiger partial charge < -0.3 is 20.8 Å². The SMILES string of the molecule is CNC(=O)[C@@H](NC(=O)C(CC(=O)NO)Cc1ccc2ccccc2c1)C(C)(C)C.NCc1ccco1. The summed E-state index contributed by atoms with van der Waals surface area (Å²) in [7, 11) is 1.51. The molecule has 0 saturated carbocycles. The summed E-state index contributed by atoms with van der Waals surface area (Å²) in [4.78, 5) is 37.0. The van der Waals surface area contributed by atoms with E-state index in [1.54, 1.807) is 11.7 Å². The minimum absolute atomic E-state index is 0.195. The molecule has 9 nitrogen and oxygen atoms in total. The lowest BCUT2D eigenvalue weighted by Crippen LogP contribution is -2.54. The molecule has 0 aliphatic heterocycles. The minimum atomic E-state index is -0.753. The van der Waals surface area contributed by atoms with E-state index in [0.29, 0.717) is 13.0 Å². The maximum atomic E-state index is 13.0. The van der Waals surface area contributed by atoms with Crippen molar-refractivity contribution in [3.8, 4) is 0 Å². The zero-order chi connectivity index (χ0) is 26.7. The molecule has 9 heteroatoms. The predicted octanol–water partition coefficient (Wildman–Crippen LogP) is 2.91. The van der Waals surface area contributed by atoms with Crippen molar-refractivity contribution >= 4 is 28.5 Å². The Morgan fingerprint density at radius 3 is 2.22 bits per heavy atom. The van der Waals surface area contributed by atoms with Gasteiger partial charge in [0.05, 0.1) is 18.7 Å². The van der Waals surface area contributed by atoms with Crippen LogP contribution in [0.3, 0.4) is 0 Å². The van der Waals surface area contributed by atoms with Crippen LogP contribution in [0.5, 0.6) is 0 Å². The lowest BCUT2D eigenvalue weighted by atomic mass is 9.85.